The molecule has 1 aromatic carbocycles. The van der Waals surface area contributed by atoms with Crippen molar-refractivity contribution in [1.29, 1.82) is 0 Å². The molecule has 1 aliphatic rings. The first kappa shape index (κ1) is 25.3. The van der Waals surface area contributed by atoms with Crippen LogP contribution in [0.2, 0.25) is 0 Å². The summed E-state index contributed by atoms with van der Waals surface area (Å²) in [4.78, 5) is 19.0. The molecule has 0 spiro atoms. The number of hydrogen-bond donors (Lipinski definition) is 1. The van der Waals surface area contributed by atoms with E-state index in [0.29, 0.717) is 17.2 Å². The van der Waals surface area contributed by atoms with Gasteiger partial charge in [0.05, 0.1) is 0 Å². The SMILES string of the molecule is CN=C(/C=C(\C)c1cccnc1)C(F)(F)F.Cc1ccc(C(=O)NC2CCCCC2)cc1. The second kappa shape index (κ2) is 12.2. The van der Waals surface area contributed by atoms with Gasteiger partial charge >= 0.3 is 6.18 Å². The van der Waals surface area contributed by atoms with Crippen molar-refractivity contribution in [2.75, 3.05) is 7.05 Å². The molecular weight excluding hydrogens is 415 g/mol. The molecule has 172 valence electrons. The zero-order valence-electron chi connectivity index (χ0n) is 18.7. The number of halogens is 3. The first-order chi connectivity index (χ1) is 15.2. The van der Waals surface area contributed by atoms with Gasteiger partial charge in [0.25, 0.3) is 5.91 Å². The molecule has 0 bridgehead atoms. The molecule has 0 radical (unpaired) electrons. The largest absolute Gasteiger partial charge is 0.432 e. The average Bonchev–Trinajstić information content (AvgIpc) is 2.78. The minimum Gasteiger partial charge on any atom is -0.349 e. The fourth-order valence-electron chi connectivity index (χ4n) is 3.38. The van der Waals surface area contributed by atoms with E-state index in [1.165, 1.54) is 31.0 Å². The number of aliphatic imine (C=N–C) groups is 1. The number of benzene rings is 1. The Bertz CT molecular complexity index is 914. The molecule has 1 amide bonds. The van der Waals surface area contributed by atoms with Crippen LogP contribution in [0.15, 0.2) is 59.9 Å². The van der Waals surface area contributed by atoms with Gasteiger partial charge < -0.3 is 5.32 Å². The summed E-state index contributed by atoms with van der Waals surface area (Å²) in [5.41, 5.74) is 2.19. The van der Waals surface area contributed by atoms with Gasteiger partial charge in [0.15, 0.2) is 0 Å². The maximum absolute atomic E-state index is 12.4. The molecular formula is C25H30F3N3O. The van der Waals surface area contributed by atoms with Crippen LogP contribution in [0, 0.1) is 6.92 Å². The standard InChI is InChI=1S/C14H19NO.C11H11F3N2/c1-11-7-9-12(10-8-11)14(16)15-13-5-3-2-4-6-13;1-8(9-4-3-5-16-7-9)6-10(15-2)11(12,13)14/h7-10,13H,2-6H2,1H3,(H,15,16);3-7H,1-2H3/b;8-6+,15-10?. The smallest absolute Gasteiger partial charge is 0.349 e. The third-order valence-electron chi connectivity index (χ3n) is 5.26. The molecule has 1 aromatic heterocycles. The second-order valence-corrected chi connectivity index (χ2v) is 7.85. The molecule has 3 rings (SSSR count). The van der Waals surface area contributed by atoms with Crippen LogP contribution in [-0.4, -0.2) is 35.9 Å². The summed E-state index contributed by atoms with van der Waals surface area (Å²) in [6.45, 7) is 3.62. The Morgan fingerprint density at radius 2 is 1.75 bits per heavy atom. The van der Waals surface area contributed by atoms with Crippen LogP contribution in [0.3, 0.4) is 0 Å². The number of carbonyl (C=O) groups excluding carboxylic acids is 1. The van der Waals surface area contributed by atoms with Gasteiger partial charge in [-0.2, -0.15) is 13.2 Å². The van der Waals surface area contributed by atoms with Gasteiger partial charge in [-0.15, -0.1) is 0 Å². The number of amides is 1. The normalized spacial score (nSPS) is 15.6. The molecule has 4 nitrogen and oxygen atoms in total. The van der Waals surface area contributed by atoms with Crippen molar-refractivity contribution in [3.05, 3.63) is 71.6 Å². The van der Waals surface area contributed by atoms with E-state index < -0.39 is 11.9 Å². The lowest BCUT2D eigenvalue weighted by Gasteiger charge is -2.22. The van der Waals surface area contributed by atoms with Crippen LogP contribution < -0.4 is 5.32 Å². The van der Waals surface area contributed by atoms with Gasteiger partial charge in [-0.05, 0) is 62.1 Å². The lowest BCUT2D eigenvalue weighted by Crippen LogP contribution is -2.36. The highest BCUT2D eigenvalue weighted by Gasteiger charge is 2.33. The van der Waals surface area contributed by atoms with Crippen molar-refractivity contribution in [3.63, 3.8) is 0 Å². The molecule has 0 saturated heterocycles. The van der Waals surface area contributed by atoms with E-state index in [9.17, 15) is 18.0 Å². The molecule has 0 atom stereocenters. The van der Waals surface area contributed by atoms with Gasteiger partial charge in [-0.3, -0.25) is 14.8 Å². The van der Waals surface area contributed by atoms with Gasteiger partial charge in [-0.25, -0.2) is 0 Å². The molecule has 1 heterocycles. The van der Waals surface area contributed by atoms with E-state index >= 15 is 0 Å². The number of aromatic nitrogens is 1. The minimum absolute atomic E-state index is 0.0758. The number of alkyl halides is 3. The maximum atomic E-state index is 12.4. The Balaban J connectivity index is 0.000000227. The molecule has 1 fully saturated rings. The van der Waals surface area contributed by atoms with Crippen LogP contribution in [0.25, 0.3) is 5.57 Å². The Kier molecular flexibility index (Phi) is 9.62. The quantitative estimate of drug-likeness (QED) is 0.572. The van der Waals surface area contributed by atoms with E-state index in [1.54, 1.807) is 25.3 Å². The second-order valence-electron chi connectivity index (χ2n) is 7.85. The third-order valence-corrected chi connectivity index (χ3v) is 5.26. The summed E-state index contributed by atoms with van der Waals surface area (Å²) >= 11 is 0. The highest BCUT2D eigenvalue weighted by Crippen LogP contribution is 2.21. The molecule has 2 aromatic rings. The summed E-state index contributed by atoms with van der Waals surface area (Å²) in [5, 5.41) is 3.12. The van der Waals surface area contributed by atoms with Gasteiger partial charge in [-0.1, -0.05) is 43.0 Å². The highest BCUT2D eigenvalue weighted by molar-refractivity contribution is 6.04. The Morgan fingerprint density at radius 1 is 1.09 bits per heavy atom. The van der Waals surface area contributed by atoms with Crippen LogP contribution >= 0.6 is 0 Å². The molecule has 1 N–H and O–H groups in total. The number of hydrogen-bond acceptors (Lipinski definition) is 3. The van der Waals surface area contributed by atoms with Crippen LogP contribution in [0.1, 0.15) is 60.5 Å². The first-order valence-corrected chi connectivity index (χ1v) is 10.7. The van der Waals surface area contributed by atoms with Crippen LogP contribution in [0.5, 0.6) is 0 Å². The predicted octanol–water partition coefficient (Wildman–Crippen LogP) is 6.18. The zero-order chi connectivity index (χ0) is 23.6. The third kappa shape index (κ3) is 8.29. The molecule has 1 aliphatic carbocycles. The number of allylic oxidation sites excluding steroid dienone is 2. The van der Waals surface area contributed by atoms with Gasteiger partial charge in [0, 0.05) is 31.0 Å². The van der Waals surface area contributed by atoms with E-state index in [2.05, 4.69) is 15.3 Å². The average molecular weight is 446 g/mol. The zero-order valence-corrected chi connectivity index (χ0v) is 18.7. The first-order valence-electron chi connectivity index (χ1n) is 10.7. The fraction of sp³-hybridized carbons (Fsp3) is 0.400. The Labute approximate surface area is 187 Å². The van der Waals surface area contributed by atoms with Crippen LogP contribution in [-0.2, 0) is 0 Å². The fourth-order valence-corrected chi connectivity index (χ4v) is 3.38. The number of carbonyl (C=O) groups is 1. The van der Waals surface area contributed by atoms with Crippen molar-refractivity contribution in [2.24, 2.45) is 4.99 Å². The van der Waals surface area contributed by atoms with E-state index in [4.69, 9.17) is 0 Å². The van der Waals surface area contributed by atoms with E-state index in [-0.39, 0.29) is 5.91 Å². The molecule has 32 heavy (non-hydrogen) atoms. The van der Waals surface area contributed by atoms with Crippen molar-refractivity contribution in [1.82, 2.24) is 10.3 Å². The number of nitrogens with one attached hydrogen (secondary N) is 1. The maximum Gasteiger partial charge on any atom is 0.432 e. The molecule has 0 aliphatic heterocycles. The molecule has 7 heteroatoms. The molecule has 0 unspecified atom stereocenters. The summed E-state index contributed by atoms with van der Waals surface area (Å²) in [6, 6.07) is 11.5. The summed E-state index contributed by atoms with van der Waals surface area (Å²) in [7, 11) is 1.12. The lowest BCUT2D eigenvalue weighted by molar-refractivity contribution is -0.0577. The number of rotatable bonds is 4. The Morgan fingerprint density at radius 3 is 2.28 bits per heavy atom. The summed E-state index contributed by atoms with van der Waals surface area (Å²) in [5.74, 6) is 0.0758. The monoisotopic (exact) mass is 445 g/mol. The van der Waals surface area contributed by atoms with Gasteiger partial charge in [0.1, 0.15) is 5.71 Å². The molecule has 1 saturated carbocycles. The van der Waals surface area contributed by atoms with E-state index in [1.807, 2.05) is 31.2 Å². The van der Waals surface area contributed by atoms with Crippen molar-refractivity contribution in [2.45, 2.75) is 58.2 Å². The summed E-state index contributed by atoms with van der Waals surface area (Å²) < 4.78 is 37.2. The Hall–Kier alpha value is -2.96. The number of aryl methyl sites for hydroxylation is 1. The van der Waals surface area contributed by atoms with Crippen LogP contribution in [0.4, 0.5) is 13.2 Å². The van der Waals surface area contributed by atoms with Crippen molar-refractivity contribution in [3.8, 4) is 0 Å². The minimum atomic E-state index is -4.42. The van der Waals surface area contributed by atoms with Crippen molar-refractivity contribution < 1.29 is 18.0 Å². The van der Waals surface area contributed by atoms with E-state index in [0.717, 1.165) is 31.5 Å². The number of nitrogens with zero attached hydrogens (tertiary/aromatic N) is 2. The predicted molar refractivity (Wildman–Crippen MR) is 123 cm³/mol. The van der Waals surface area contributed by atoms with Gasteiger partial charge in [0.2, 0.25) is 0 Å². The summed E-state index contributed by atoms with van der Waals surface area (Å²) in [6.07, 6.45) is 5.75. The topological polar surface area (TPSA) is 54.4 Å². The lowest BCUT2D eigenvalue weighted by atomic mass is 9.95. The van der Waals surface area contributed by atoms with Crippen molar-refractivity contribution >= 4 is 17.2 Å². The number of pyridine rings is 1. The highest BCUT2D eigenvalue weighted by atomic mass is 19.4.